The first-order valence-electron chi connectivity index (χ1n) is 7.61. The highest BCUT2D eigenvalue weighted by atomic mass is 19.1. The first-order chi connectivity index (χ1) is 11.7. The van der Waals surface area contributed by atoms with Crippen LogP contribution in [0.2, 0.25) is 0 Å². The van der Waals surface area contributed by atoms with Gasteiger partial charge in [-0.2, -0.15) is 0 Å². The zero-order chi connectivity index (χ0) is 16.5. The van der Waals surface area contributed by atoms with Gasteiger partial charge >= 0.3 is 0 Å². The van der Waals surface area contributed by atoms with Crippen LogP contribution in [0.1, 0.15) is 0 Å². The van der Waals surface area contributed by atoms with E-state index in [-0.39, 0.29) is 11.2 Å². The Balaban J connectivity index is 2.11. The highest BCUT2D eigenvalue weighted by Gasteiger charge is 2.17. The second kappa shape index (κ2) is 5.78. The Hall–Kier alpha value is -3.20. The summed E-state index contributed by atoms with van der Waals surface area (Å²) in [5.74, 6) is 0.149. The van der Waals surface area contributed by atoms with Crippen molar-refractivity contribution in [1.29, 1.82) is 0 Å². The van der Waals surface area contributed by atoms with Gasteiger partial charge in [-0.25, -0.2) is 4.39 Å². The van der Waals surface area contributed by atoms with E-state index in [0.717, 1.165) is 5.56 Å². The molecular formula is C21H13FO2. The lowest BCUT2D eigenvalue weighted by Crippen LogP contribution is -2.07. The molecule has 4 aromatic rings. The summed E-state index contributed by atoms with van der Waals surface area (Å²) in [6.45, 7) is 0. The van der Waals surface area contributed by atoms with Gasteiger partial charge in [0.1, 0.15) is 17.2 Å². The second-order valence-electron chi connectivity index (χ2n) is 5.50. The van der Waals surface area contributed by atoms with Crippen LogP contribution in [0.15, 0.2) is 88.1 Å². The molecule has 0 unspecified atom stereocenters. The summed E-state index contributed by atoms with van der Waals surface area (Å²) in [6, 6.07) is 22.5. The Labute approximate surface area is 137 Å². The van der Waals surface area contributed by atoms with E-state index in [0.29, 0.717) is 27.9 Å². The molecular weight excluding hydrogens is 303 g/mol. The predicted octanol–water partition coefficient (Wildman–Crippen LogP) is 5.27. The third-order valence-electron chi connectivity index (χ3n) is 3.97. The van der Waals surface area contributed by atoms with Gasteiger partial charge in [-0.3, -0.25) is 4.79 Å². The molecule has 1 heterocycles. The van der Waals surface area contributed by atoms with Crippen molar-refractivity contribution in [3.8, 4) is 22.5 Å². The van der Waals surface area contributed by atoms with E-state index in [1.165, 1.54) is 12.1 Å². The number of halogens is 1. The fraction of sp³-hybridized carbons (Fsp3) is 0. The lowest BCUT2D eigenvalue weighted by Gasteiger charge is -2.10. The molecule has 0 radical (unpaired) electrons. The largest absolute Gasteiger partial charge is 0.455 e. The molecule has 0 atom stereocenters. The molecule has 24 heavy (non-hydrogen) atoms. The summed E-state index contributed by atoms with van der Waals surface area (Å²) in [4.78, 5) is 13.1. The van der Waals surface area contributed by atoms with Crippen LogP contribution in [-0.2, 0) is 0 Å². The van der Waals surface area contributed by atoms with Crippen LogP contribution in [0.4, 0.5) is 4.39 Å². The molecule has 0 saturated heterocycles. The van der Waals surface area contributed by atoms with Gasteiger partial charge in [0.25, 0.3) is 0 Å². The van der Waals surface area contributed by atoms with Crippen LogP contribution in [0.3, 0.4) is 0 Å². The molecule has 2 nitrogen and oxygen atoms in total. The van der Waals surface area contributed by atoms with Gasteiger partial charge in [0.2, 0.25) is 5.43 Å². The normalized spacial score (nSPS) is 10.9. The SMILES string of the molecule is O=c1c(-c2ccc(F)cc2)c(-c2ccccc2)oc2ccccc12. The molecule has 0 aliphatic carbocycles. The number of hydrogen-bond acceptors (Lipinski definition) is 2. The fourth-order valence-electron chi connectivity index (χ4n) is 2.81. The van der Waals surface area contributed by atoms with E-state index in [2.05, 4.69) is 0 Å². The highest BCUT2D eigenvalue weighted by molar-refractivity contribution is 5.88. The average molecular weight is 316 g/mol. The molecule has 0 bridgehead atoms. The molecule has 4 rings (SSSR count). The molecule has 0 aliphatic heterocycles. The van der Waals surface area contributed by atoms with E-state index in [4.69, 9.17) is 4.42 Å². The minimum atomic E-state index is -0.342. The average Bonchev–Trinajstić information content (AvgIpc) is 2.63. The van der Waals surface area contributed by atoms with Crippen LogP contribution in [-0.4, -0.2) is 0 Å². The van der Waals surface area contributed by atoms with E-state index in [1.807, 2.05) is 36.4 Å². The van der Waals surface area contributed by atoms with Gasteiger partial charge in [-0.05, 0) is 29.8 Å². The Morgan fingerprint density at radius 1 is 0.708 bits per heavy atom. The lowest BCUT2D eigenvalue weighted by atomic mass is 9.98. The van der Waals surface area contributed by atoms with Crippen LogP contribution in [0.25, 0.3) is 33.4 Å². The number of rotatable bonds is 2. The fourth-order valence-corrected chi connectivity index (χ4v) is 2.81. The van der Waals surface area contributed by atoms with Crippen molar-refractivity contribution in [2.75, 3.05) is 0 Å². The zero-order valence-electron chi connectivity index (χ0n) is 12.7. The number of para-hydroxylation sites is 1. The van der Waals surface area contributed by atoms with E-state index < -0.39 is 0 Å². The van der Waals surface area contributed by atoms with Crippen molar-refractivity contribution in [1.82, 2.24) is 0 Å². The van der Waals surface area contributed by atoms with Crippen LogP contribution in [0.5, 0.6) is 0 Å². The van der Waals surface area contributed by atoms with Crippen molar-refractivity contribution >= 4 is 11.0 Å². The van der Waals surface area contributed by atoms with E-state index >= 15 is 0 Å². The van der Waals surface area contributed by atoms with Gasteiger partial charge < -0.3 is 4.42 Å². The van der Waals surface area contributed by atoms with Gasteiger partial charge in [-0.15, -0.1) is 0 Å². The van der Waals surface area contributed by atoms with Gasteiger partial charge in [0.15, 0.2) is 0 Å². The van der Waals surface area contributed by atoms with E-state index in [1.54, 1.807) is 30.3 Å². The third-order valence-corrected chi connectivity index (χ3v) is 3.97. The summed E-state index contributed by atoms with van der Waals surface area (Å²) < 4.78 is 19.3. The topological polar surface area (TPSA) is 30.2 Å². The Morgan fingerprint density at radius 2 is 1.38 bits per heavy atom. The molecule has 3 aromatic carbocycles. The van der Waals surface area contributed by atoms with Crippen molar-refractivity contribution in [2.24, 2.45) is 0 Å². The number of benzene rings is 3. The Morgan fingerprint density at radius 3 is 2.12 bits per heavy atom. The number of fused-ring (bicyclic) bond motifs is 1. The maximum Gasteiger partial charge on any atom is 0.201 e. The summed E-state index contributed by atoms with van der Waals surface area (Å²) in [7, 11) is 0. The van der Waals surface area contributed by atoms with Crippen molar-refractivity contribution in [3.05, 3.63) is 94.9 Å². The summed E-state index contributed by atoms with van der Waals surface area (Å²) >= 11 is 0. The van der Waals surface area contributed by atoms with Gasteiger partial charge in [-0.1, -0.05) is 54.6 Å². The molecule has 116 valence electrons. The highest BCUT2D eigenvalue weighted by Crippen LogP contribution is 2.32. The zero-order valence-corrected chi connectivity index (χ0v) is 12.7. The summed E-state index contributed by atoms with van der Waals surface area (Å²) in [5, 5.41) is 0.511. The minimum absolute atomic E-state index is 0.123. The van der Waals surface area contributed by atoms with Crippen LogP contribution < -0.4 is 5.43 Å². The van der Waals surface area contributed by atoms with Crippen molar-refractivity contribution < 1.29 is 8.81 Å². The smallest absolute Gasteiger partial charge is 0.201 e. The third kappa shape index (κ3) is 2.40. The predicted molar refractivity (Wildman–Crippen MR) is 93.3 cm³/mol. The molecule has 0 aliphatic rings. The first kappa shape index (κ1) is 14.4. The first-order valence-corrected chi connectivity index (χ1v) is 7.61. The maximum atomic E-state index is 13.3. The number of hydrogen-bond donors (Lipinski definition) is 0. The Bertz CT molecular complexity index is 1060. The van der Waals surface area contributed by atoms with Crippen molar-refractivity contribution in [3.63, 3.8) is 0 Å². The minimum Gasteiger partial charge on any atom is -0.455 e. The van der Waals surface area contributed by atoms with E-state index in [9.17, 15) is 9.18 Å². The summed E-state index contributed by atoms with van der Waals surface area (Å²) in [6.07, 6.45) is 0. The van der Waals surface area contributed by atoms with Gasteiger partial charge in [0.05, 0.1) is 10.9 Å². The molecule has 0 saturated carbocycles. The lowest BCUT2D eigenvalue weighted by molar-refractivity contribution is 0.620. The van der Waals surface area contributed by atoms with Crippen LogP contribution in [0, 0.1) is 5.82 Å². The Kier molecular flexibility index (Phi) is 3.47. The molecule has 3 heteroatoms. The maximum absolute atomic E-state index is 13.3. The monoisotopic (exact) mass is 316 g/mol. The molecule has 0 fully saturated rings. The molecule has 0 spiro atoms. The summed E-state index contributed by atoms with van der Waals surface area (Å²) in [5.41, 5.74) is 2.30. The van der Waals surface area contributed by atoms with Crippen LogP contribution >= 0.6 is 0 Å². The molecule has 1 aromatic heterocycles. The van der Waals surface area contributed by atoms with Crippen molar-refractivity contribution in [2.45, 2.75) is 0 Å². The standard InChI is InChI=1S/C21H13FO2/c22-16-12-10-14(11-13-16)19-20(23)17-8-4-5-9-18(17)24-21(19)15-6-2-1-3-7-15/h1-13H. The second-order valence-corrected chi connectivity index (χ2v) is 5.50. The quantitative estimate of drug-likeness (QED) is 0.504. The molecule has 0 N–H and O–H groups in total. The van der Waals surface area contributed by atoms with Gasteiger partial charge in [0, 0.05) is 5.56 Å². The molecule has 0 amide bonds.